The molecule has 2 rings (SSSR count). The van der Waals surface area contributed by atoms with Gasteiger partial charge in [-0.3, -0.25) is 0 Å². The molecule has 0 aliphatic rings. The first-order chi connectivity index (χ1) is 9.61. The molecule has 6 heteroatoms. The fourth-order valence-electron chi connectivity index (χ4n) is 1.81. The Morgan fingerprint density at radius 2 is 1.85 bits per heavy atom. The van der Waals surface area contributed by atoms with Crippen LogP contribution in [0.1, 0.15) is 26.5 Å². The van der Waals surface area contributed by atoms with E-state index in [0.29, 0.717) is 17.6 Å². The molecule has 0 aromatic carbocycles. The molecule has 0 spiro atoms. The highest BCUT2D eigenvalue weighted by Crippen LogP contribution is 2.24. The molecule has 0 saturated carbocycles. The van der Waals surface area contributed by atoms with E-state index in [2.05, 4.69) is 68.6 Å². The average molecular weight is 383 g/mol. The molecule has 0 amide bonds. The molecule has 2 aromatic heterocycles. The molecule has 0 unspecified atom stereocenters. The van der Waals surface area contributed by atoms with Crippen molar-refractivity contribution < 1.29 is 0 Å². The van der Waals surface area contributed by atoms with Crippen LogP contribution in [0, 0.1) is 9.49 Å². The maximum absolute atomic E-state index is 4.64. The molecule has 0 radical (unpaired) electrons. The van der Waals surface area contributed by atoms with Crippen molar-refractivity contribution in [3.8, 4) is 11.6 Å². The topological polar surface area (TPSA) is 63.6 Å². The predicted octanol–water partition coefficient (Wildman–Crippen LogP) is 3.17. The molecule has 2 aromatic rings. The zero-order chi connectivity index (χ0) is 14.5. The standard InChI is InChI=1S/C14H18IN5/c1-4-16-12-11(15)10(8-9(2)3)19-14(20-12)13-17-6-5-7-18-13/h5-7,9H,4,8H2,1-3H3,(H,16,19,20). The zero-order valence-electron chi connectivity index (χ0n) is 11.9. The minimum atomic E-state index is 0.539. The van der Waals surface area contributed by atoms with Gasteiger partial charge in [-0.05, 0) is 47.9 Å². The van der Waals surface area contributed by atoms with E-state index in [0.717, 1.165) is 28.0 Å². The molecule has 0 aliphatic heterocycles. The molecule has 0 bridgehead atoms. The largest absolute Gasteiger partial charge is 0.369 e. The second-order valence-electron chi connectivity index (χ2n) is 4.86. The first-order valence-corrected chi connectivity index (χ1v) is 7.77. The van der Waals surface area contributed by atoms with Gasteiger partial charge in [0.2, 0.25) is 0 Å². The van der Waals surface area contributed by atoms with Gasteiger partial charge in [0.25, 0.3) is 0 Å². The first kappa shape index (κ1) is 15.1. The molecule has 0 saturated heterocycles. The lowest BCUT2D eigenvalue weighted by Gasteiger charge is -2.13. The lowest BCUT2D eigenvalue weighted by Crippen LogP contribution is -2.10. The third-order valence-corrected chi connectivity index (χ3v) is 3.76. The van der Waals surface area contributed by atoms with Gasteiger partial charge >= 0.3 is 0 Å². The van der Waals surface area contributed by atoms with Gasteiger partial charge in [-0.1, -0.05) is 13.8 Å². The summed E-state index contributed by atoms with van der Waals surface area (Å²) in [6, 6.07) is 1.79. The van der Waals surface area contributed by atoms with E-state index in [1.165, 1.54) is 0 Å². The third-order valence-electron chi connectivity index (χ3n) is 2.63. The summed E-state index contributed by atoms with van der Waals surface area (Å²) in [4.78, 5) is 17.7. The van der Waals surface area contributed by atoms with Crippen LogP contribution in [0.25, 0.3) is 11.6 Å². The second-order valence-corrected chi connectivity index (χ2v) is 5.94. The minimum absolute atomic E-state index is 0.539. The fraction of sp³-hybridized carbons (Fsp3) is 0.429. The lowest BCUT2D eigenvalue weighted by atomic mass is 10.1. The summed E-state index contributed by atoms with van der Waals surface area (Å²) in [6.45, 7) is 7.25. The summed E-state index contributed by atoms with van der Waals surface area (Å²) in [5.41, 5.74) is 1.05. The van der Waals surface area contributed by atoms with Crippen molar-refractivity contribution in [3.05, 3.63) is 27.7 Å². The molecule has 0 atom stereocenters. The number of halogens is 1. The van der Waals surface area contributed by atoms with Crippen LogP contribution in [0.15, 0.2) is 18.5 Å². The number of anilines is 1. The molecule has 1 N–H and O–H groups in total. The van der Waals surface area contributed by atoms with Crippen molar-refractivity contribution >= 4 is 28.4 Å². The summed E-state index contributed by atoms with van der Waals surface area (Å²) in [5.74, 6) is 2.55. The number of rotatable bonds is 5. The quantitative estimate of drug-likeness (QED) is 0.804. The maximum atomic E-state index is 4.64. The van der Waals surface area contributed by atoms with Crippen LogP contribution in [0.2, 0.25) is 0 Å². The normalized spacial score (nSPS) is 10.8. The van der Waals surface area contributed by atoms with Crippen molar-refractivity contribution in [1.82, 2.24) is 19.9 Å². The number of aromatic nitrogens is 4. The number of nitrogens with one attached hydrogen (secondary N) is 1. The van der Waals surface area contributed by atoms with Crippen LogP contribution in [-0.2, 0) is 6.42 Å². The molecule has 0 fully saturated rings. The molecule has 2 heterocycles. The van der Waals surface area contributed by atoms with Crippen LogP contribution in [0.4, 0.5) is 5.82 Å². The van der Waals surface area contributed by atoms with Crippen molar-refractivity contribution in [2.75, 3.05) is 11.9 Å². The summed E-state index contributed by atoms with van der Waals surface area (Å²) >= 11 is 2.31. The molecule has 20 heavy (non-hydrogen) atoms. The zero-order valence-corrected chi connectivity index (χ0v) is 14.0. The molecular formula is C14H18IN5. The van der Waals surface area contributed by atoms with Gasteiger partial charge in [0.05, 0.1) is 9.26 Å². The van der Waals surface area contributed by atoms with Crippen LogP contribution in [-0.4, -0.2) is 26.5 Å². The van der Waals surface area contributed by atoms with Gasteiger partial charge in [0, 0.05) is 18.9 Å². The summed E-state index contributed by atoms with van der Waals surface area (Å²) in [7, 11) is 0. The maximum Gasteiger partial charge on any atom is 0.200 e. The SMILES string of the molecule is CCNc1nc(-c2ncccn2)nc(CC(C)C)c1I. The summed E-state index contributed by atoms with van der Waals surface area (Å²) < 4.78 is 1.08. The lowest BCUT2D eigenvalue weighted by molar-refractivity contribution is 0.632. The van der Waals surface area contributed by atoms with E-state index in [-0.39, 0.29) is 0 Å². The van der Waals surface area contributed by atoms with Crippen LogP contribution in [0.3, 0.4) is 0 Å². The third kappa shape index (κ3) is 3.62. The predicted molar refractivity (Wildman–Crippen MR) is 88.5 cm³/mol. The highest BCUT2D eigenvalue weighted by Gasteiger charge is 2.15. The van der Waals surface area contributed by atoms with Crippen molar-refractivity contribution in [2.24, 2.45) is 5.92 Å². The number of nitrogens with zero attached hydrogens (tertiary/aromatic N) is 4. The van der Waals surface area contributed by atoms with Gasteiger partial charge in [-0.25, -0.2) is 19.9 Å². The van der Waals surface area contributed by atoms with Crippen LogP contribution < -0.4 is 5.32 Å². The Balaban J connectivity index is 2.49. The summed E-state index contributed by atoms with van der Waals surface area (Å²) in [6.07, 6.45) is 4.33. The molecule has 0 aliphatic carbocycles. The van der Waals surface area contributed by atoms with E-state index in [1.54, 1.807) is 18.5 Å². The van der Waals surface area contributed by atoms with Crippen LogP contribution >= 0.6 is 22.6 Å². The van der Waals surface area contributed by atoms with Gasteiger partial charge in [0.15, 0.2) is 11.6 Å². The highest BCUT2D eigenvalue weighted by molar-refractivity contribution is 14.1. The highest BCUT2D eigenvalue weighted by atomic mass is 127. The monoisotopic (exact) mass is 383 g/mol. The second kappa shape index (κ2) is 6.92. The Labute approximate surface area is 132 Å². The Morgan fingerprint density at radius 1 is 1.15 bits per heavy atom. The van der Waals surface area contributed by atoms with Crippen molar-refractivity contribution in [1.29, 1.82) is 0 Å². The Morgan fingerprint density at radius 3 is 2.45 bits per heavy atom. The Bertz CT molecular complexity index is 571. The van der Waals surface area contributed by atoms with E-state index in [9.17, 15) is 0 Å². The fourth-order valence-corrected chi connectivity index (χ4v) is 2.47. The average Bonchev–Trinajstić information content (AvgIpc) is 2.44. The van der Waals surface area contributed by atoms with Gasteiger partial charge in [-0.15, -0.1) is 0 Å². The minimum Gasteiger partial charge on any atom is -0.369 e. The molecule has 106 valence electrons. The molecular weight excluding hydrogens is 365 g/mol. The molecule has 5 nitrogen and oxygen atoms in total. The van der Waals surface area contributed by atoms with E-state index >= 15 is 0 Å². The number of hydrogen-bond donors (Lipinski definition) is 1. The van der Waals surface area contributed by atoms with Crippen LogP contribution in [0.5, 0.6) is 0 Å². The van der Waals surface area contributed by atoms with Gasteiger partial charge in [-0.2, -0.15) is 0 Å². The van der Waals surface area contributed by atoms with E-state index in [1.807, 2.05) is 0 Å². The number of hydrogen-bond acceptors (Lipinski definition) is 5. The van der Waals surface area contributed by atoms with E-state index < -0.39 is 0 Å². The Kier molecular flexibility index (Phi) is 5.22. The summed E-state index contributed by atoms with van der Waals surface area (Å²) in [5, 5.41) is 3.29. The smallest absolute Gasteiger partial charge is 0.200 e. The van der Waals surface area contributed by atoms with E-state index in [4.69, 9.17) is 0 Å². The van der Waals surface area contributed by atoms with Crippen molar-refractivity contribution in [3.63, 3.8) is 0 Å². The Hall–Kier alpha value is -1.31. The van der Waals surface area contributed by atoms with Crippen molar-refractivity contribution in [2.45, 2.75) is 27.2 Å². The first-order valence-electron chi connectivity index (χ1n) is 6.69. The van der Waals surface area contributed by atoms with Gasteiger partial charge < -0.3 is 5.32 Å². The van der Waals surface area contributed by atoms with Gasteiger partial charge in [0.1, 0.15) is 5.82 Å².